The van der Waals surface area contributed by atoms with E-state index in [1.54, 1.807) is 25.1 Å². The predicted molar refractivity (Wildman–Crippen MR) is 52.6 cm³/mol. The Hall–Kier alpha value is -1.84. The van der Waals surface area contributed by atoms with E-state index in [2.05, 4.69) is 16.7 Å². The van der Waals surface area contributed by atoms with Gasteiger partial charge in [0, 0.05) is 11.8 Å². The lowest BCUT2D eigenvalue weighted by atomic mass is 10.3. The van der Waals surface area contributed by atoms with Gasteiger partial charge < -0.3 is 10.6 Å². The van der Waals surface area contributed by atoms with E-state index in [-0.39, 0.29) is 5.91 Å². The number of benzene rings is 1. The Morgan fingerprint density at radius 2 is 2.36 bits per heavy atom. The van der Waals surface area contributed by atoms with Gasteiger partial charge in [-0.15, -0.1) is 0 Å². The highest BCUT2D eigenvalue weighted by molar-refractivity contribution is 5.95. The molecule has 0 spiro atoms. The Morgan fingerprint density at radius 1 is 1.57 bits per heavy atom. The summed E-state index contributed by atoms with van der Waals surface area (Å²) in [7, 11) is 0. The number of hydrogen-bond donors (Lipinski definition) is 2. The average molecular weight is 191 g/mol. The molecule has 1 radical (unpaired) electrons. The van der Waals surface area contributed by atoms with Crippen LogP contribution in [0.1, 0.15) is 6.92 Å². The first-order valence-electron chi connectivity index (χ1n) is 4.21. The molecule has 0 bridgehead atoms. The van der Waals surface area contributed by atoms with E-state index >= 15 is 0 Å². The van der Waals surface area contributed by atoms with Crippen molar-refractivity contribution >= 4 is 18.0 Å². The van der Waals surface area contributed by atoms with Crippen LogP contribution in [0.25, 0.3) is 0 Å². The molecule has 0 saturated carbocycles. The van der Waals surface area contributed by atoms with Crippen LogP contribution in [0.5, 0.6) is 0 Å². The van der Waals surface area contributed by atoms with Crippen molar-refractivity contribution in [1.82, 2.24) is 5.32 Å². The number of carbonyl (C=O) groups excluding carboxylic acids is 2. The maximum Gasteiger partial charge on any atom is 0.246 e. The van der Waals surface area contributed by atoms with Gasteiger partial charge >= 0.3 is 0 Å². The first-order chi connectivity index (χ1) is 6.74. The summed E-state index contributed by atoms with van der Waals surface area (Å²) in [5.74, 6) is -0.264. The van der Waals surface area contributed by atoms with E-state index in [0.29, 0.717) is 12.1 Å². The van der Waals surface area contributed by atoms with Crippen LogP contribution in [0.2, 0.25) is 0 Å². The minimum absolute atomic E-state index is 0.264. The molecule has 14 heavy (non-hydrogen) atoms. The summed E-state index contributed by atoms with van der Waals surface area (Å²) < 4.78 is 0. The zero-order chi connectivity index (χ0) is 10.4. The van der Waals surface area contributed by atoms with Gasteiger partial charge in [-0.1, -0.05) is 18.2 Å². The van der Waals surface area contributed by atoms with E-state index in [9.17, 15) is 9.59 Å². The number of amides is 2. The molecule has 0 fully saturated rings. The molecule has 0 saturated heterocycles. The van der Waals surface area contributed by atoms with Crippen molar-refractivity contribution < 1.29 is 9.59 Å². The molecule has 0 aromatic heterocycles. The molecule has 1 aromatic rings. The Balaban J connectivity index is 2.53. The summed E-state index contributed by atoms with van der Waals surface area (Å²) in [6.45, 7) is 1.60. The van der Waals surface area contributed by atoms with Crippen molar-refractivity contribution in [3.05, 3.63) is 30.3 Å². The van der Waals surface area contributed by atoms with Gasteiger partial charge in [-0.25, -0.2) is 0 Å². The van der Waals surface area contributed by atoms with E-state index < -0.39 is 6.04 Å². The minimum Gasteiger partial charge on any atom is -0.347 e. The van der Waals surface area contributed by atoms with Crippen LogP contribution in [0, 0.1) is 6.07 Å². The fraction of sp³-hybridized carbons (Fsp3) is 0.200. The summed E-state index contributed by atoms with van der Waals surface area (Å²) in [5.41, 5.74) is 0.594. The highest BCUT2D eigenvalue weighted by Gasteiger charge is 2.10. The van der Waals surface area contributed by atoms with Gasteiger partial charge in [0.1, 0.15) is 6.04 Å². The molecule has 4 heteroatoms. The first kappa shape index (κ1) is 10.2. The van der Waals surface area contributed by atoms with E-state index in [0.717, 1.165) is 0 Å². The van der Waals surface area contributed by atoms with Gasteiger partial charge in [0.25, 0.3) is 0 Å². The van der Waals surface area contributed by atoms with Crippen LogP contribution in [0.15, 0.2) is 24.3 Å². The van der Waals surface area contributed by atoms with Gasteiger partial charge in [0.15, 0.2) is 0 Å². The van der Waals surface area contributed by atoms with Gasteiger partial charge in [-0.2, -0.15) is 0 Å². The molecule has 2 amide bonds. The van der Waals surface area contributed by atoms with Gasteiger partial charge in [0.05, 0.1) is 0 Å². The van der Waals surface area contributed by atoms with Gasteiger partial charge in [-0.05, 0) is 13.0 Å². The Labute approximate surface area is 82.3 Å². The molecule has 1 unspecified atom stereocenters. The van der Waals surface area contributed by atoms with E-state index in [1.807, 2.05) is 6.07 Å². The van der Waals surface area contributed by atoms with Crippen molar-refractivity contribution in [2.45, 2.75) is 13.0 Å². The maximum absolute atomic E-state index is 11.3. The average Bonchev–Trinajstić information content (AvgIpc) is 2.19. The first-order valence-corrected chi connectivity index (χ1v) is 4.21. The molecule has 0 aliphatic carbocycles. The molecule has 4 nitrogen and oxygen atoms in total. The highest BCUT2D eigenvalue weighted by Crippen LogP contribution is 2.04. The molecule has 0 heterocycles. The minimum atomic E-state index is -0.541. The lowest BCUT2D eigenvalue weighted by molar-refractivity contribution is -0.120. The smallest absolute Gasteiger partial charge is 0.246 e. The second-order valence-electron chi connectivity index (χ2n) is 2.77. The number of hydrogen-bond acceptors (Lipinski definition) is 2. The largest absolute Gasteiger partial charge is 0.347 e. The monoisotopic (exact) mass is 191 g/mol. The molecule has 73 valence electrons. The van der Waals surface area contributed by atoms with Crippen molar-refractivity contribution in [3.63, 3.8) is 0 Å². The van der Waals surface area contributed by atoms with Crippen LogP contribution < -0.4 is 10.6 Å². The summed E-state index contributed by atoms with van der Waals surface area (Å²) in [6, 6.07) is 9.34. The van der Waals surface area contributed by atoms with Crippen LogP contribution in [0.4, 0.5) is 5.69 Å². The fourth-order valence-corrected chi connectivity index (χ4v) is 0.890. The van der Waals surface area contributed by atoms with E-state index in [4.69, 9.17) is 0 Å². The lowest BCUT2D eigenvalue weighted by Crippen LogP contribution is -2.37. The number of nitrogens with one attached hydrogen (secondary N) is 2. The molecule has 2 N–H and O–H groups in total. The van der Waals surface area contributed by atoms with Crippen molar-refractivity contribution in [2.75, 3.05) is 5.32 Å². The van der Waals surface area contributed by atoms with Crippen molar-refractivity contribution in [1.29, 1.82) is 0 Å². The molecule has 1 aromatic carbocycles. The van der Waals surface area contributed by atoms with Crippen LogP contribution in [0.3, 0.4) is 0 Å². The molecular weight excluding hydrogens is 180 g/mol. The van der Waals surface area contributed by atoms with Crippen LogP contribution in [-0.4, -0.2) is 18.4 Å². The summed E-state index contributed by atoms with van der Waals surface area (Å²) in [4.78, 5) is 21.4. The predicted octanol–water partition coefficient (Wildman–Crippen LogP) is 0.560. The van der Waals surface area contributed by atoms with Crippen LogP contribution >= 0.6 is 0 Å². The van der Waals surface area contributed by atoms with Crippen molar-refractivity contribution in [3.8, 4) is 0 Å². The second kappa shape index (κ2) is 5.01. The number of anilines is 1. The normalized spacial score (nSPS) is 11.5. The summed E-state index contributed by atoms with van der Waals surface area (Å²) in [5, 5.41) is 4.97. The van der Waals surface area contributed by atoms with Crippen LogP contribution in [-0.2, 0) is 9.59 Å². The maximum atomic E-state index is 11.3. The third-order valence-corrected chi connectivity index (χ3v) is 1.68. The topological polar surface area (TPSA) is 58.2 Å². The Morgan fingerprint density at radius 3 is 2.93 bits per heavy atom. The number of para-hydroxylation sites is 1. The van der Waals surface area contributed by atoms with Gasteiger partial charge in [-0.3, -0.25) is 9.59 Å². The lowest BCUT2D eigenvalue weighted by Gasteiger charge is -2.10. The number of rotatable bonds is 4. The molecule has 0 aliphatic heterocycles. The third-order valence-electron chi connectivity index (χ3n) is 1.68. The van der Waals surface area contributed by atoms with Crippen molar-refractivity contribution in [2.24, 2.45) is 0 Å². The molecular formula is C10H11N2O2. The van der Waals surface area contributed by atoms with E-state index in [1.165, 1.54) is 0 Å². The van der Waals surface area contributed by atoms with Gasteiger partial charge in [0.2, 0.25) is 12.3 Å². The Bertz CT molecular complexity index is 311. The standard InChI is InChI=1S/C10H11N2O2/c1-8(11-7-13)10(14)12-9-5-3-2-4-6-9/h2-5,7-8H,1H3,(H,11,13)(H,12,14). The zero-order valence-corrected chi connectivity index (χ0v) is 7.78. The fourth-order valence-electron chi connectivity index (χ4n) is 0.890. The quantitative estimate of drug-likeness (QED) is 0.683. The number of carbonyl (C=O) groups is 2. The SMILES string of the molecule is CC(NC=O)C(=O)Nc1[c]cccc1. The third kappa shape index (κ3) is 2.90. The summed E-state index contributed by atoms with van der Waals surface area (Å²) >= 11 is 0. The Kier molecular flexibility index (Phi) is 3.67. The highest BCUT2D eigenvalue weighted by atomic mass is 16.2. The molecule has 1 atom stereocenters. The zero-order valence-electron chi connectivity index (χ0n) is 7.78. The second-order valence-corrected chi connectivity index (χ2v) is 2.77. The molecule has 1 rings (SSSR count). The summed E-state index contributed by atoms with van der Waals surface area (Å²) in [6.07, 6.45) is 0.499. The molecule has 0 aliphatic rings.